The molecule has 1 aliphatic rings. The lowest BCUT2D eigenvalue weighted by molar-refractivity contribution is 0.106. The van der Waals surface area contributed by atoms with Crippen molar-refractivity contribution in [1.29, 1.82) is 0 Å². The summed E-state index contributed by atoms with van der Waals surface area (Å²) in [5, 5.41) is 0. The minimum Gasteiger partial charge on any atom is -0.378 e. The van der Waals surface area contributed by atoms with Crippen LogP contribution in [-0.4, -0.2) is 12.7 Å². The quantitative estimate of drug-likeness (QED) is 0.701. The van der Waals surface area contributed by atoms with E-state index < -0.39 is 0 Å². The lowest BCUT2D eigenvalue weighted by atomic mass is 9.97. The molecule has 2 heterocycles. The number of thiophene rings is 1. The van der Waals surface area contributed by atoms with Gasteiger partial charge >= 0.3 is 0 Å². The third kappa shape index (κ3) is 2.48. The first-order valence-electron chi connectivity index (χ1n) is 5.11. The van der Waals surface area contributed by atoms with Crippen molar-refractivity contribution in [2.24, 2.45) is 5.92 Å². The Morgan fingerprint density at radius 3 is 2.80 bits per heavy atom. The van der Waals surface area contributed by atoms with Gasteiger partial charge in [-0.2, -0.15) is 0 Å². The van der Waals surface area contributed by atoms with Crippen molar-refractivity contribution in [1.82, 2.24) is 0 Å². The van der Waals surface area contributed by atoms with Crippen LogP contribution in [0.3, 0.4) is 0 Å². The Labute approximate surface area is 111 Å². The van der Waals surface area contributed by atoms with E-state index in [4.69, 9.17) is 4.74 Å². The minimum atomic E-state index is 0.371. The summed E-state index contributed by atoms with van der Waals surface area (Å²) in [4.78, 5) is 1.84. The van der Waals surface area contributed by atoms with Crippen LogP contribution in [0.1, 0.15) is 28.6 Å². The van der Waals surface area contributed by atoms with E-state index in [1.54, 1.807) is 0 Å². The summed E-state index contributed by atoms with van der Waals surface area (Å²) in [5.74, 6) is 0.606. The second-order valence-electron chi connectivity index (χ2n) is 4.04. The smallest absolute Gasteiger partial charge is 0.0730 e. The van der Waals surface area contributed by atoms with E-state index in [-0.39, 0.29) is 0 Å². The summed E-state index contributed by atoms with van der Waals surface area (Å²) in [6, 6.07) is 2.26. The first-order chi connectivity index (χ1) is 7.09. The molecule has 84 valence electrons. The third-order valence-corrected chi connectivity index (χ3v) is 6.65. The molecule has 1 aliphatic heterocycles. The molecular weight excluding hydrogens is 340 g/mol. The summed E-state index contributed by atoms with van der Waals surface area (Å²) in [5.41, 5.74) is 1.33. The molecule has 1 fully saturated rings. The van der Waals surface area contributed by atoms with E-state index in [0.29, 0.717) is 16.8 Å². The van der Waals surface area contributed by atoms with Gasteiger partial charge in [-0.3, -0.25) is 0 Å². The van der Waals surface area contributed by atoms with Crippen molar-refractivity contribution in [3.05, 3.63) is 20.3 Å². The van der Waals surface area contributed by atoms with E-state index >= 15 is 0 Å². The van der Waals surface area contributed by atoms with Crippen molar-refractivity contribution < 1.29 is 4.74 Å². The van der Waals surface area contributed by atoms with Gasteiger partial charge in [-0.25, -0.2) is 0 Å². The van der Waals surface area contributed by atoms with Crippen molar-refractivity contribution in [3.8, 4) is 0 Å². The molecule has 1 aromatic rings. The van der Waals surface area contributed by atoms with Gasteiger partial charge in [0.25, 0.3) is 0 Å². The molecule has 0 radical (unpaired) electrons. The molecule has 0 amide bonds. The van der Waals surface area contributed by atoms with Crippen LogP contribution >= 0.6 is 43.2 Å². The van der Waals surface area contributed by atoms with E-state index in [2.05, 4.69) is 51.8 Å². The molecule has 1 nitrogen and oxygen atoms in total. The molecular formula is C11H14Br2OS. The maximum atomic E-state index is 5.61. The Morgan fingerprint density at radius 2 is 2.33 bits per heavy atom. The lowest BCUT2D eigenvalue weighted by Gasteiger charge is -2.19. The third-order valence-electron chi connectivity index (χ3n) is 2.96. The number of halogens is 2. The summed E-state index contributed by atoms with van der Waals surface area (Å²) in [7, 11) is 0. The number of rotatable bonds is 2. The molecule has 1 saturated heterocycles. The normalized spacial score (nSPS) is 28.3. The number of alkyl halides is 1. The molecule has 3 unspecified atom stereocenters. The summed E-state index contributed by atoms with van der Waals surface area (Å²) in [6.45, 7) is 5.21. The average Bonchev–Trinajstić information content (AvgIpc) is 2.74. The molecule has 0 saturated carbocycles. The topological polar surface area (TPSA) is 9.23 Å². The van der Waals surface area contributed by atoms with Gasteiger partial charge in [-0.1, -0.05) is 15.9 Å². The van der Waals surface area contributed by atoms with Crippen LogP contribution in [0.2, 0.25) is 0 Å². The molecule has 0 bridgehead atoms. The second-order valence-corrected chi connectivity index (χ2v) is 7.42. The number of ether oxygens (including phenoxy) is 1. The minimum absolute atomic E-state index is 0.371. The van der Waals surface area contributed by atoms with Gasteiger partial charge < -0.3 is 4.74 Å². The zero-order chi connectivity index (χ0) is 11.0. The Hall–Kier alpha value is 0.620. The number of hydrogen-bond donors (Lipinski definition) is 0. The largest absolute Gasteiger partial charge is 0.378 e. The van der Waals surface area contributed by atoms with E-state index in [1.165, 1.54) is 14.2 Å². The van der Waals surface area contributed by atoms with Crippen LogP contribution in [0.15, 0.2) is 9.85 Å². The highest BCUT2D eigenvalue weighted by Gasteiger charge is 2.32. The highest BCUT2D eigenvalue weighted by molar-refractivity contribution is 9.11. The van der Waals surface area contributed by atoms with E-state index in [9.17, 15) is 0 Å². The summed E-state index contributed by atoms with van der Waals surface area (Å²) in [6.07, 6.45) is 1.53. The Morgan fingerprint density at radius 1 is 1.60 bits per heavy atom. The monoisotopic (exact) mass is 352 g/mol. The van der Waals surface area contributed by atoms with Crippen LogP contribution < -0.4 is 0 Å². The zero-order valence-electron chi connectivity index (χ0n) is 8.80. The predicted octanol–water partition coefficient (Wildman–Crippen LogP) is 4.68. The van der Waals surface area contributed by atoms with Gasteiger partial charge in [0.15, 0.2) is 0 Å². The molecule has 0 N–H and O–H groups in total. The fourth-order valence-electron chi connectivity index (χ4n) is 1.96. The van der Waals surface area contributed by atoms with Gasteiger partial charge in [0.1, 0.15) is 0 Å². The molecule has 15 heavy (non-hydrogen) atoms. The first-order valence-corrected chi connectivity index (χ1v) is 7.63. The van der Waals surface area contributed by atoms with Crippen LogP contribution in [0.5, 0.6) is 0 Å². The fraction of sp³-hybridized carbons (Fsp3) is 0.636. The highest BCUT2D eigenvalue weighted by atomic mass is 79.9. The van der Waals surface area contributed by atoms with Gasteiger partial charge in [0.05, 0.1) is 14.7 Å². The standard InChI is InChI=1S/C11H14Br2OS/c1-6-5-9(15-11(6)13)10(12)8-3-4-14-7(8)2/h5,7-8,10H,3-4H2,1-2H3. The van der Waals surface area contributed by atoms with Gasteiger partial charge in [-0.15, -0.1) is 11.3 Å². The van der Waals surface area contributed by atoms with E-state index in [0.717, 1.165) is 13.0 Å². The zero-order valence-corrected chi connectivity index (χ0v) is 12.8. The first kappa shape index (κ1) is 12.1. The van der Waals surface area contributed by atoms with Gasteiger partial charge in [0.2, 0.25) is 0 Å². The second kappa shape index (κ2) is 4.86. The van der Waals surface area contributed by atoms with Crippen LogP contribution in [-0.2, 0) is 4.74 Å². The van der Waals surface area contributed by atoms with E-state index in [1.807, 2.05) is 11.3 Å². The molecule has 3 atom stereocenters. The van der Waals surface area contributed by atoms with Crippen LogP contribution in [0, 0.1) is 12.8 Å². The Bertz CT molecular complexity index is 331. The van der Waals surface area contributed by atoms with Crippen LogP contribution in [0.25, 0.3) is 0 Å². The summed E-state index contributed by atoms with van der Waals surface area (Å²) < 4.78 is 6.85. The van der Waals surface area contributed by atoms with Crippen molar-refractivity contribution in [2.45, 2.75) is 31.2 Å². The Balaban J connectivity index is 2.16. The highest BCUT2D eigenvalue weighted by Crippen LogP contribution is 2.43. The molecule has 1 aromatic heterocycles. The van der Waals surface area contributed by atoms with Gasteiger partial charge in [0, 0.05) is 17.4 Å². The lowest BCUT2D eigenvalue weighted by Crippen LogP contribution is -2.15. The van der Waals surface area contributed by atoms with Crippen molar-refractivity contribution >= 4 is 43.2 Å². The van der Waals surface area contributed by atoms with Crippen molar-refractivity contribution in [2.75, 3.05) is 6.61 Å². The number of aryl methyl sites for hydroxylation is 1. The summed E-state index contributed by atoms with van der Waals surface area (Å²) >= 11 is 9.21. The molecule has 4 heteroatoms. The predicted molar refractivity (Wildman–Crippen MR) is 71.9 cm³/mol. The average molecular weight is 354 g/mol. The number of hydrogen-bond acceptors (Lipinski definition) is 2. The van der Waals surface area contributed by atoms with Crippen molar-refractivity contribution in [3.63, 3.8) is 0 Å². The maximum absolute atomic E-state index is 5.61. The van der Waals surface area contributed by atoms with Gasteiger partial charge in [-0.05, 0) is 47.8 Å². The maximum Gasteiger partial charge on any atom is 0.0730 e. The molecule has 0 aliphatic carbocycles. The Kier molecular flexibility index (Phi) is 3.92. The molecule has 2 rings (SSSR count). The van der Waals surface area contributed by atoms with Crippen LogP contribution in [0.4, 0.5) is 0 Å². The SMILES string of the molecule is Cc1cc(C(Br)C2CCOC2C)sc1Br. The molecule has 0 spiro atoms. The fourth-order valence-corrected chi connectivity index (χ4v) is 4.69. The molecule has 0 aromatic carbocycles.